The molecule has 16 heavy (non-hydrogen) atoms. The topological polar surface area (TPSA) is 49.3 Å². The molecule has 96 valence electrons. The van der Waals surface area contributed by atoms with Crippen molar-refractivity contribution < 1.29 is 9.90 Å². The third kappa shape index (κ3) is 6.38. The molecule has 0 fully saturated rings. The summed E-state index contributed by atoms with van der Waals surface area (Å²) in [5.74, 6) is 1.32. The molecule has 0 radical (unpaired) electrons. The summed E-state index contributed by atoms with van der Waals surface area (Å²) in [5, 5.41) is 12.2. The van der Waals surface area contributed by atoms with Crippen LogP contribution >= 0.6 is 11.8 Å². The highest BCUT2D eigenvalue weighted by atomic mass is 32.2. The van der Waals surface area contributed by atoms with Crippen LogP contribution in [-0.2, 0) is 4.79 Å². The number of hydrogen-bond acceptors (Lipinski definition) is 3. The lowest BCUT2D eigenvalue weighted by molar-refractivity contribution is -0.144. The minimum atomic E-state index is -0.757. The van der Waals surface area contributed by atoms with Crippen molar-refractivity contribution in [1.29, 1.82) is 0 Å². The fourth-order valence-electron chi connectivity index (χ4n) is 1.49. The molecule has 0 aromatic carbocycles. The van der Waals surface area contributed by atoms with Crippen molar-refractivity contribution in [3.63, 3.8) is 0 Å². The molecule has 0 aromatic rings. The van der Waals surface area contributed by atoms with Gasteiger partial charge < -0.3 is 10.4 Å². The third-order valence-electron chi connectivity index (χ3n) is 2.68. The maximum Gasteiger partial charge on any atom is 0.323 e. The molecule has 3 nitrogen and oxygen atoms in total. The Morgan fingerprint density at radius 3 is 2.50 bits per heavy atom. The summed E-state index contributed by atoms with van der Waals surface area (Å²) >= 11 is 1.86. The molecule has 0 aromatic heterocycles. The summed E-state index contributed by atoms with van der Waals surface area (Å²) in [6, 6.07) is 0. The van der Waals surface area contributed by atoms with Gasteiger partial charge in [0.05, 0.1) is 0 Å². The van der Waals surface area contributed by atoms with Crippen molar-refractivity contribution in [2.24, 2.45) is 0 Å². The highest BCUT2D eigenvalue weighted by molar-refractivity contribution is 7.99. The number of rotatable bonds is 10. The predicted octanol–water partition coefficient (Wildman–Crippen LogP) is 2.75. The first kappa shape index (κ1) is 15.8. The average molecular weight is 247 g/mol. The van der Waals surface area contributed by atoms with Gasteiger partial charge in [-0.05, 0) is 37.8 Å². The van der Waals surface area contributed by atoms with Gasteiger partial charge in [0.2, 0.25) is 0 Å². The van der Waals surface area contributed by atoms with Crippen LogP contribution in [0.5, 0.6) is 0 Å². The Labute approximate surface area is 103 Å². The van der Waals surface area contributed by atoms with Crippen LogP contribution in [0.2, 0.25) is 0 Å². The second kappa shape index (κ2) is 8.88. The minimum Gasteiger partial charge on any atom is -0.480 e. The summed E-state index contributed by atoms with van der Waals surface area (Å²) in [5.41, 5.74) is -0.757. The van der Waals surface area contributed by atoms with E-state index in [0.29, 0.717) is 13.0 Å². The van der Waals surface area contributed by atoms with E-state index >= 15 is 0 Å². The lowest BCUT2D eigenvalue weighted by Crippen LogP contribution is -2.49. The van der Waals surface area contributed by atoms with Crippen LogP contribution in [0.1, 0.15) is 46.5 Å². The quantitative estimate of drug-likeness (QED) is 0.583. The first-order valence-electron chi connectivity index (χ1n) is 6.13. The molecule has 0 aliphatic rings. The molecular formula is C12H25NO2S. The first-order valence-corrected chi connectivity index (χ1v) is 7.28. The molecule has 0 aliphatic carbocycles. The summed E-state index contributed by atoms with van der Waals surface area (Å²) in [6.07, 6.45) is 4.44. The number of unbranched alkanes of at least 4 members (excludes halogenated alkanes) is 2. The smallest absolute Gasteiger partial charge is 0.323 e. The van der Waals surface area contributed by atoms with E-state index in [4.69, 9.17) is 5.11 Å². The van der Waals surface area contributed by atoms with Gasteiger partial charge in [-0.3, -0.25) is 4.79 Å². The van der Waals surface area contributed by atoms with E-state index in [2.05, 4.69) is 12.2 Å². The molecule has 1 unspecified atom stereocenters. The lowest BCUT2D eigenvalue weighted by Gasteiger charge is -2.25. The van der Waals surface area contributed by atoms with E-state index in [0.717, 1.165) is 11.5 Å². The normalized spacial score (nSPS) is 14.7. The largest absolute Gasteiger partial charge is 0.480 e. The van der Waals surface area contributed by atoms with E-state index in [1.54, 1.807) is 6.92 Å². The summed E-state index contributed by atoms with van der Waals surface area (Å²) in [7, 11) is 0. The van der Waals surface area contributed by atoms with Crippen molar-refractivity contribution in [2.45, 2.75) is 52.0 Å². The second-order valence-electron chi connectivity index (χ2n) is 4.24. The van der Waals surface area contributed by atoms with Crippen molar-refractivity contribution >= 4 is 17.7 Å². The Morgan fingerprint density at radius 2 is 2.00 bits per heavy atom. The highest BCUT2D eigenvalue weighted by Gasteiger charge is 2.31. The number of carboxylic acids is 1. The average Bonchev–Trinajstić information content (AvgIpc) is 2.23. The fraction of sp³-hybridized carbons (Fsp3) is 0.917. The van der Waals surface area contributed by atoms with Crippen LogP contribution in [0.4, 0.5) is 0 Å². The van der Waals surface area contributed by atoms with Crippen LogP contribution < -0.4 is 5.32 Å². The second-order valence-corrected chi connectivity index (χ2v) is 5.46. The van der Waals surface area contributed by atoms with Crippen molar-refractivity contribution in [3.05, 3.63) is 0 Å². The molecule has 1 atom stereocenters. The maximum atomic E-state index is 11.1. The molecule has 0 saturated carbocycles. The molecule has 0 heterocycles. The van der Waals surface area contributed by atoms with E-state index in [-0.39, 0.29) is 0 Å². The van der Waals surface area contributed by atoms with Gasteiger partial charge in [-0.25, -0.2) is 0 Å². The number of likely N-dealkylation sites (N-methyl/N-ethyl adjacent to an activating group) is 1. The Morgan fingerprint density at radius 1 is 1.31 bits per heavy atom. The monoisotopic (exact) mass is 247 g/mol. The summed E-state index contributed by atoms with van der Waals surface area (Å²) < 4.78 is 0. The van der Waals surface area contributed by atoms with Gasteiger partial charge in [0.15, 0.2) is 0 Å². The van der Waals surface area contributed by atoms with Crippen molar-refractivity contribution in [3.8, 4) is 0 Å². The SMILES string of the molecule is CCCCCSCCC(C)(NCC)C(=O)O. The standard InChI is InChI=1S/C12H25NO2S/c1-4-6-7-9-16-10-8-12(3,11(14)15)13-5-2/h13H,4-10H2,1-3H3,(H,14,15). The first-order chi connectivity index (χ1) is 7.56. The van der Waals surface area contributed by atoms with E-state index in [1.807, 2.05) is 18.7 Å². The minimum absolute atomic E-state index is 0.687. The van der Waals surface area contributed by atoms with Gasteiger partial charge in [-0.15, -0.1) is 0 Å². The fourth-order valence-corrected chi connectivity index (χ4v) is 2.66. The Kier molecular flexibility index (Phi) is 8.76. The highest BCUT2D eigenvalue weighted by Crippen LogP contribution is 2.16. The molecule has 0 spiro atoms. The molecule has 2 N–H and O–H groups in total. The third-order valence-corrected chi connectivity index (χ3v) is 3.75. The van der Waals surface area contributed by atoms with Crippen LogP contribution in [0.3, 0.4) is 0 Å². The lowest BCUT2D eigenvalue weighted by atomic mass is 9.99. The summed E-state index contributed by atoms with van der Waals surface area (Å²) in [4.78, 5) is 11.1. The van der Waals surface area contributed by atoms with Gasteiger partial charge in [0, 0.05) is 0 Å². The van der Waals surface area contributed by atoms with E-state index in [9.17, 15) is 4.79 Å². The Bertz CT molecular complexity index is 199. The Balaban J connectivity index is 3.73. The molecule has 0 bridgehead atoms. The van der Waals surface area contributed by atoms with E-state index in [1.165, 1.54) is 19.3 Å². The predicted molar refractivity (Wildman–Crippen MR) is 71.2 cm³/mol. The molecular weight excluding hydrogens is 222 g/mol. The Hall–Kier alpha value is -0.220. The number of hydrogen-bond donors (Lipinski definition) is 2. The van der Waals surface area contributed by atoms with E-state index < -0.39 is 11.5 Å². The molecule has 0 aliphatic heterocycles. The molecule has 0 amide bonds. The number of aliphatic carboxylic acids is 1. The zero-order valence-corrected chi connectivity index (χ0v) is 11.5. The van der Waals surface area contributed by atoms with Gasteiger partial charge in [0.1, 0.15) is 5.54 Å². The molecule has 4 heteroatoms. The molecule has 0 rings (SSSR count). The van der Waals surface area contributed by atoms with Gasteiger partial charge in [-0.1, -0.05) is 26.7 Å². The van der Waals surface area contributed by atoms with Gasteiger partial charge >= 0.3 is 5.97 Å². The van der Waals surface area contributed by atoms with Gasteiger partial charge in [-0.2, -0.15) is 11.8 Å². The zero-order valence-electron chi connectivity index (χ0n) is 10.7. The van der Waals surface area contributed by atoms with Crippen LogP contribution in [-0.4, -0.2) is 34.7 Å². The van der Waals surface area contributed by atoms with Crippen LogP contribution in [0, 0.1) is 0 Å². The molecule has 0 saturated heterocycles. The van der Waals surface area contributed by atoms with Crippen LogP contribution in [0.15, 0.2) is 0 Å². The zero-order chi connectivity index (χ0) is 12.4. The summed E-state index contributed by atoms with van der Waals surface area (Å²) in [6.45, 7) is 6.60. The number of carbonyl (C=O) groups is 1. The number of nitrogens with one attached hydrogen (secondary N) is 1. The van der Waals surface area contributed by atoms with Crippen molar-refractivity contribution in [2.75, 3.05) is 18.1 Å². The number of carboxylic acid groups (broad SMARTS) is 1. The maximum absolute atomic E-state index is 11.1. The van der Waals surface area contributed by atoms with Gasteiger partial charge in [0.25, 0.3) is 0 Å². The number of thioether (sulfide) groups is 1. The van der Waals surface area contributed by atoms with Crippen molar-refractivity contribution in [1.82, 2.24) is 5.32 Å². The van der Waals surface area contributed by atoms with Crippen LogP contribution in [0.25, 0.3) is 0 Å².